The number of aliphatic carboxylic acids is 1. The van der Waals surface area contributed by atoms with Crippen molar-refractivity contribution in [3.05, 3.63) is 95.6 Å². The van der Waals surface area contributed by atoms with Crippen LogP contribution in [-0.2, 0) is 22.7 Å². The van der Waals surface area contributed by atoms with Crippen LogP contribution in [0.1, 0.15) is 16.7 Å². The molecule has 7 nitrogen and oxygen atoms in total. The molecule has 0 heterocycles. The molecule has 0 spiro atoms. The number of carboxylic acid groups (broad SMARTS) is 1. The van der Waals surface area contributed by atoms with Crippen LogP contribution in [0.2, 0.25) is 0 Å². The molecule has 0 bridgehead atoms. The van der Waals surface area contributed by atoms with Crippen molar-refractivity contribution >= 4 is 11.7 Å². The Morgan fingerprint density at radius 2 is 1.73 bits per heavy atom. The number of hydrogen-bond donors (Lipinski definition) is 1. The third-order valence-electron chi connectivity index (χ3n) is 4.81. The van der Waals surface area contributed by atoms with Crippen molar-refractivity contribution in [2.45, 2.75) is 13.0 Å². The summed E-state index contributed by atoms with van der Waals surface area (Å²) in [6.45, 7) is 0.591. The number of nitrogens with zero attached hydrogens (tertiary/aromatic N) is 2. The van der Waals surface area contributed by atoms with E-state index in [0.717, 1.165) is 16.7 Å². The monoisotopic (exact) mass is 444 g/mol. The highest BCUT2D eigenvalue weighted by Gasteiger charge is 2.16. The van der Waals surface area contributed by atoms with Gasteiger partial charge in [0.05, 0.1) is 6.07 Å². The standard InChI is InChI=1S/C26H24N2O5/c1-31-28-25(21-7-3-2-4-8-21)18-33-24-9-5-6-20(15-24)17-32-23-12-10-19(11-13-23)14-22(16-27)26(29)30/h2-13,15,22H,14,17-18H2,1H3,(H,29,30)/b28-25+. The zero-order chi connectivity index (χ0) is 23.5. The Labute approximate surface area is 192 Å². The first kappa shape index (κ1) is 23.4. The number of carbonyl (C=O) groups is 1. The van der Waals surface area contributed by atoms with E-state index >= 15 is 0 Å². The highest BCUT2D eigenvalue weighted by molar-refractivity contribution is 6.01. The predicted molar refractivity (Wildman–Crippen MR) is 123 cm³/mol. The Balaban J connectivity index is 1.56. The molecule has 33 heavy (non-hydrogen) atoms. The van der Waals surface area contributed by atoms with Gasteiger partial charge in [0.1, 0.15) is 43.5 Å². The van der Waals surface area contributed by atoms with Crippen LogP contribution >= 0.6 is 0 Å². The van der Waals surface area contributed by atoms with E-state index in [1.165, 1.54) is 7.11 Å². The van der Waals surface area contributed by atoms with Gasteiger partial charge in [-0.05, 0) is 41.8 Å². The third kappa shape index (κ3) is 7.11. The van der Waals surface area contributed by atoms with E-state index in [2.05, 4.69) is 5.16 Å². The van der Waals surface area contributed by atoms with Crippen molar-refractivity contribution in [2.75, 3.05) is 13.7 Å². The van der Waals surface area contributed by atoms with Crippen LogP contribution < -0.4 is 9.47 Å². The van der Waals surface area contributed by atoms with Gasteiger partial charge in [-0.25, -0.2) is 0 Å². The minimum absolute atomic E-state index is 0.156. The summed E-state index contributed by atoms with van der Waals surface area (Å²) < 4.78 is 11.7. The highest BCUT2D eigenvalue weighted by Crippen LogP contribution is 2.19. The van der Waals surface area contributed by atoms with Crippen LogP contribution in [0, 0.1) is 17.2 Å². The van der Waals surface area contributed by atoms with Crippen LogP contribution in [-0.4, -0.2) is 30.5 Å². The Kier molecular flexibility index (Phi) is 8.43. The number of hydrogen-bond acceptors (Lipinski definition) is 6. The van der Waals surface area contributed by atoms with Gasteiger partial charge in [0, 0.05) is 5.56 Å². The molecule has 0 fully saturated rings. The van der Waals surface area contributed by atoms with Gasteiger partial charge in [-0.2, -0.15) is 5.26 Å². The lowest BCUT2D eigenvalue weighted by Gasteiger charge is -2.11. The fourth-order valence-electron chi connectivity index (χ4n) is 3.09. The fraction of sp³-hybridized carbons (Fsp3) is 0.192. The molecular weight excluding hydrogens is 420 g/mol. The van der Waals surface area contributed by atoms with Crippen LogP contribution in [0.4, 0.5) is 0 Å². The van der Waals surface area contributed by atoms with E-state index in [4.69, 9.17) is 24.7 Å². The molecule has 7 heteroatoms. The molecule has 0 saturated heterocycles. The summed E-state index contributed by atoms with van der Waals surface area (Å²) in [7, 11) is 1.50. The maximum Gasteiger partial charge on any atom is 0.321 e. The number of benzene rings is 3. The lowest BCUT2D eigenvalue weighted by molar-refractivity contribution is -0.139. The summed E-state index contributed by atoms with van der Waals surface area (Å²) in [6.07, 6.45) is 0.156. The maximum absolute atomic E-state index is 11.0. The molecule has 0 aromatic heterocycles. The van der Waals surface area contributed by atoms with E-state index < -0.39 is 11.9 Å². The van der Waals surface area contributed by atoms with Crippen molar-refractivity contribution in [3.63, 3.8) is 0 Å². The smallest absolute Gasteiger partial charge is 0.321 e. The molecule has 3 aromatic rings. The number of rotatable bonds is 11. The van der Waals surface area contributed by atoms with Crippen LogP contribution in [0.3, 0.4) is 0 Å². The molecule has 3 aromatic carbocycles. The molecule has 1 atom stereocenters. The summed E-state index contributed by atoms with van der Waals surface area (Å²) in [5.41, 5.74) is 3.30. The Bertz CT molecular complexity index is 1120. The fourth-order valence-corrected chi connectivity index (χ4v) is 3.09. The minimum Gasteiger partial charge on any atom is -0.489 e. The molecule has 0 radical (unpaired) electrons. The molecule has 168 valence electrons. The van der Waals surface area contributed by atoms with Gasteiger partial charge in [0.15, 0.2) is 0 Å². The van der Waals surface area contributed by atoms with Gasteiger partial charge in [-0.15, -0.1) is 0 Å². The number of ether oxygens (including phenoxy) is 2. The first-order chi connectivity index (χ1) is 16.1. The Morgan fingerprint density at radius 3 is 2.39 bits per heavy atom. The quantitative estimate of drug-likeness (QED) is 0.346. The van der Waals surface area contributed by atoms with Gasteiger partial charge in [0.25, 0.3) is 0 Å². The largest absolute Gasteiger partial charge is 0.489 e. The van der Waals surface area contributed by atoms with E-state index in [0.29, 0.717) is 23.8 Å². The van der Waals surface area contributed by atoms with Gasteiger partial charge < -0.3 is 19.4 Å². The topological polar surface area (TPSA) is 101 Å². The molecule has 0 aliphatic carbocycles. The van der Waals surface area contributed by atoms with Gasteiger partial charge in [-0.1, -0.05) is 59.8 Å². The maximum atomic E-state index is 11.0. The summed E-state index contributed by atoms with van der Waals surface area (Å²) in [6, 6.07) is 26.1. The van der Waals surface area contributed by atoms with Crippen LogP contribution in [0.15, 0.2) is 84.0 Å². The average molecular weight is 444 g/mol. The molecule has 1 unspecified atom stereocenters. The summed E-state index contributed by atoms with van der Waals surface area (Å²) in [5, 5.41) is 22.0. The molecule has 1 N–H and O–H groups in total. The lowest BCUT2D eigenvalue weighted by Crippen LogP contribution is -2.14. The third-order valence-corrected chi connectivity index (χ3v) is 4.81. The highest BCUT2D eigenvalue weighted by atomic mass is 16.6. The molecule has 0 aliphatic rings. The van der Waals surface area contributed by atoms with E-state index in [9.17, 15) is 4.79 Å². The normalized spacial score (nSPS) is 11.8. The summed E-state index contributed by atoms with van der Waals surface area (Å²) >= 11 is 0. The van der Waals surface area contributed by atoms with Crippen molar-refractivity contribution in [2.24, 2.45) is 11.1 Å². The second-order valence-electron chi connectivity index (χ2n) is 7.18. The lowest BCUT2D eigenvalue weighted by atomic mass is 10.0. The molecule has 0 aliphatic heterocycles. The van der Waals surface area contributed by atoms with E-state index in [1.807, 2.05) is 54.6 Å². The number of oxime groups is 1. The molecular formula is C26H24N2O5. The minimum atomic E-state index is -1.12. The summed E-state index contributed by atoms with van der Waals surface area (Å²) in [4.78, 5) is 16.0. The molecule has 3 rings (SSSR count). The van der Waals surface area contributed by atoms with Crippen molar-refractivity contribution < 1.29 is 24.2 Å². The van der Waals surface area contributed by atoms with Crippen LogP contribution in [0.5, 0.6) is 11.5 Å². The van der Waals surface area contributed by atoms with Gasteiger partial charge in [-0.3, -0.25) is 4.79 Å². The number of nitriles is 1. The molecule has 0 saturated carbocycles. The Hall–Kier alpha value is -4.31. The Morgan fingerprint density at radius 1 is 0.970 bits per heavy atom. The van der Waals surface area contributed by atoms with E-state index in [-0.39, 0.29) is 13.0 Å². The number of carboxylic acids is 1. The zero-order valence-electron chi connectivity index (χ0n) is 18.2. The van der Waals surface area contributed by atoms with Gasteiger partial charge in [0.2, 0.25) is 0 Å². The average Bonchev–Trinajstić information content (AvgIpc) is 2.85. The van der Waals surface area contributed by atoms with E-state index in [1.54, 1.807) is 30.3 Å². The first-order valence-electron chi connectivity index (χ1n) is 10.3. The molecule has 0 amide bonds. The second kappa shape index (κ2) is 11.9. The van der Waals surface area contributed by atoms with Crippen molar-refractivity contribution in [1.29, 1.82) is 5.26 Å². The van der Waals surface area contributed by atoms with Crippen molar-refractivity contribution in [3.8, 4) is 17.6 Å². The van der Waals surface area contributed by atoms with Crippen molar-refractivity contribution in [1.82, 2.24) is 0 Å². The SMILES string of the molecule is CO/N=C(\COc1cccc(COc2ccc(CC(C#N)C(=O)O)cc2)c1)c1ccccc1. The van der Waals surface area contributed by atoms with Crippen LogP contribution in [0.25, 0.3) is 0 Å². The summed E-state index contributed by atoms with van der Waals surface area (Å²) in [5.74, 6) is -0.852. The first-order valence-corrected chi connectivity index (χ1v) is 10.3. The zero-order valence-corrected chi connectivity index (χ0v) is 18.2. The predicted octanol–water partition coefficient (Wildman–Crippen LogP) is 4.46. The van der Waals surface area contributed by atoms with Gasteiger partial charge >= 0.3 is 5.97 Å². The second-order valence-corrected chi connectivity index (χ2v) is 7.18.